The second-order valence-electron chi connectivity index (χ2n) is 6.11. The summed E-state index contributed by atoms with van der Waals surface area (Å²) in [6, 6.07) is 6.30. The van der Waals surface area contributed by atoms with Gasteiger partial charge in [0.05, 0.1) is 0 Å². The molecule has 2 N–H and O–H groups in total. The third-order valence-corrected chi connectivity index (χ3v) is 4.57. The molecule has 0 saturated heterocycles. The monoisotopic (exact) mass is 312 g/mol. The summed E-state index contributed by atoms with van der Waals surface area (Å²) in [5.41, 5.74) is 2.02. The van der Waals surface area contributed by atoms with Crippen molar-refractivity contribution in [1.82, 2.24) is 15.0 Å². The highest BCUT2D eigenvalue weighted by molar-refractivity contribution is 5.57. The van der Waals surface area contributed by atoms with Crippen LogP contribution in [0.3, 0.4) is 0 Å². The highest BCUT2D eigenvalue weighted by atomic mass is 16.3. The van der Waals surface area contributed by atoms with E-state index in [4.69, 9.17) is 4.98 Å². The maximum atomic E-state index is 9.23. The van der Waals surface area contributed by atoms with Crippen LogP contribution in [0.5, 0.6) is 0 Å². The van der Waals surface area contributed by atoms with Gasteiger partial charge in [0.25, 0.3) is 0 Å². The van der Waals surface area contributed by atoms with Crippen LogP contribution in [-0.4, -0.2) is 32.7 Å². The Morgan fingerprint density at radius 2 is 2.04 bits per heavy atom. The van der Waals surface area contributed by atoms with Crippen LogP contribution in [0, 0.1) is 5.92 Å². The third-order valence-electron chi connectivity index (χ3n) is 4.57. The van der Waals surface area contributed by atoms with E-state index in [-0.39, 0.29) is 6.61 Å². The number of hydrogen-bond donors (Lipinski definition) is 2. The Morgan fingerprint density at radius 1 is 1.22 bits per heavy atom. The van der Waals surface area contributed by atoms with Crippen LogP contribution in [0.15, 0.2) is 30.6 Å². The number of aliphatic hydroxyl groups is 1. The smallest absolute Gasteiger partial charge is 0.161 e. The van der Waals surface area contributed by atoms with Gasteiger partial charge in [-0.05, 0) is 43.7 Å². The fraction of sp³-hybridized carbons (Fsp3) is 0.500. The third kappa shape index (κ3) is 3.85. The minimum absolute atomic E-state index is 0.259. The van der Waals surface area contributed by atoms with E-state index in [1.54, 1.807) is 12.4 Å². The van der Waals surface area contributed by atoms with Gasteiger partial charge < -0.3 is 10.4 Å². The SMILES string of the molecule is CCc1cc(NC2CCCC2CCO)nc(-c2ccncc2)n1. The van der Waals surface area contributed by atoms with E-state index in [0.29, 0.717) is 12.0 Å². The quantitative estimate of drug-likeness (QED) is 0.858. The number of pyridine rings is 1. The lowest BCUT2D eigenvalue weighted by molar-refractivity contribution is 0.254. The number of rotatable bonds is 6. The van der Waals surface area contributed by atoms with Crippen LogP contribution in [0.4, 0.5) is 5.82 Å². The molecule has 1 fully saturated rings. The Morgan fingerprint density at radius 3 is 2.78 bits per heavy atom. The Labute approximate surface area is 137 Å². The van der Waals surface area contributed by atoms with Crippen molar-refractivity contribution in [2.24, 2.45) is 5.92 Å². The van der Waals surface area contributed by atoms with Crippen molar-refractivity contribution in [1.29, 1.82) is 0 Å². The first-order valence-corrected chi connectivity index (χ1v) is 8.46. The summed E-state index contributed by atoms with van der Waals surface area (Å²) < 4.78 is 0. The first-order chi connectivity index (χ1) is 11.3. The predicted molar refractivity (Wildman–Crippen MR) is 91.1 cm³/mol. The summed E-state index contributed by atoms with van der Waals surface area (Å²) >= 11 is 0. The molecule has 1 saturated carbocycles. The molecule has 5 nitrogen and oxygen atoms in total. The molecular formula is C18H24N4O. The molecule has 1 aliphatic rings. The summed E-state index contributed by atoms with van der Waals surface area (Å²) in [7, 11) is 0. The van der Waals surface area contributed by atoms with Crippen molar-refractivity contribution < 1.29 is 5.11 Å². The van der Waals surface area contributed by atoms with Gasteiger partial charge in [-0.25, -0.2) is 9.97 Å². The molecule has 0 aromatic carbocycles. The van der Waals surface area contributed by atoms with Crippen molar-refractivity contribution in [3.05, 3.63) is 36.3 Å². The summed E-state index contributed by atoms with van der Waals surface area (Å²) in [5.74, 6) is 2.16. The molecular weight excluding hydrogens is 288 g/mol. The maximum absolute atomic E-state index is 9.23. The second-order valence-corrected chi connectivity index (χ2v) is 6.11. The minimum atomic E-state index is 0.259. The van der Waals surface area contributed by atoms with E-state index >= 15 is 0 Å². The van der Waals surface area contributed by atoms with Crippen LogP contribution >= 0.6 is 0 Å². The Hall–Kier alpha value is -2.01. The fourth-order valence-electron chi connectivity index (χ4n) is 3.31. The van der Waals surface area contributed by atoms with Gasteiger partial charge in [0, 0.05) is 42.4 Å². The molecule has 0 spiro atoms. The maximum Gasteiger partial charge on any atom is 0.161 e. The lowest BCUT2D eigenvalue weighted by Gasteiger charge is -2.21. The van der Waals surface area contributed by atoms with Gasteiger partial charge in [-0.2, -0.15) is 0 Å². The summed E-state index contributed by atoms with van der Waals surface area (Å²) in [4.78, 5) is 13.4. The zero-order valence-electron chi connectivity index (χ0n) is 13.6. The topological polar surface area (TPSA) is 70.9 Å². The summed E-state index contributed by atoms with van der Waals surface area (Å²) in [6.07, 6.45) is 8.80. The molecule has 2 aromatic heterocycles. The van der Waals surface area contributed by atoms with Crippen molar-refractivity contribution in [3.8, 4) is 11.4 Å². The number of aliphatic hydroxyl groups excluding tert-OH is 1. The number of nitrogens with one attached hydrogen (secondary N) is 1. The first kappa shape index (κ1) is 15.9. The van der Waals surface area contributed by atoms with E-state index in [1.807, 2.05) is 18.2 Å². The molecule has 122 valence electrons. The molecule has 23 heavy (non-hydrogen) atoms. The molecule has 3 rings (SSSR count). The molecule has 2 aromatic rings. The average Bonchev–Trinajstić information content (AvgIpc) is 3.02. The molecule has 0 aliphatic heterocycles. The van der Waals surface area contributed by atoms with Crippen LogP contribution in [-0.2, 0) is 6.42 Å². The van der Waals surface area contributed by atoms with Gasteiger partial charge in [0.1, 0.15) is 5.82 Å². The largest absolute Gasteiger partial charge is 0.396 e. The van der Waals surface area contributed by atoms with Crippen molar-refractivity contribution >= 4 is 5.82 Å². The van der Waals surface area contributed by atoms with Gasteiger partial charge in [-0.3, -0.25) is 4.98 Å². The number of hydrogen-bond acceptors (Lipinski definition) is 5. The van der Waals surface area contributed by atoms with E-state index in [9.17, 15) is 5.11 Å². The summed E-state index contributed by atoms with van der Waals surface area (Å²) in [6.45, 7) is 2.36. The van der Waals surface area contributed by atoms with Crippen molar-refractivity contribution in [2.45, 2.75) is 45.1 Å². The standard InChI is InChI=1S/C18H24N4O/c1-2-15-12-17(21-16-5-3-4-13(16)8-11-23)22-18(20-15)14-6-9-19-10-7-14/h6-7,9-10,12-13,16,23H,2-5,8,11H2,1H3,(H,20,21,22). The number of anilines is 1. The highest BCUT2D eigenvalue weighted by Crippen LogP contribution is 2.31. The van der Waals surface area contributed by atoms with Gasteiger partial charge >= 0.3 is 0 Å². The molecule has 2 unspecified atom stereocenters. The van der Waals surface area contributed by atoms with Crippen LogP contribution in [0.25, 0.3) is 11.4 Å². The van der Waals surface area contributed by atoms with Crippen LogP contribution in [0.2, 0.25) is 0 Å². The lowest BCUT2D eigenvalue weighted by Crippen LogP contribution is -2.25. The molecule has 0 bridgehead atoms. The Bertz CT molecular complexity index is 632. The molecule has 2 atom stereocenters. The second kappa shape index (κ2) is 7.51. The van der Waals surface area contributed by atoms with Gasteiger partial charge in [-0.15, -0.1) is 0 Å². The fourth-order valence-corrected chi connectivity index (χ4v) is 3.31. The zero-order valence-corrected chi connectivity index (χ0v) is 13.6. The molecule has 2 heterocycles. The van der Waals surface area contributed by atoms with E-state index in [2.05, 4.69) is 22.2 Å². The predicted octanol–water partition coefficient (Wildman–Crippen LogP) is 3.06. The van der Waals surface area contributed by atoms with Crippen molar-refractivity contribution in [3.63, 3.8) is 0 Å². The van der Waals surface area contributed by atoms with Gasteiger partial charge in [0.15, 0.2) is 5.82 Å². The van der Waals surface area contributed by atoms with Crippen molar-refractivity contribution in [2.75, 3.05) is 11.9 Å². The molecule has 0 amide bonds. The Kier molecular flexibility index (Phi) is 5.18. The molecule has 0 radical (unpaired) electrons. The van der Waals surface area contributed by atoms with Crippen LogP contribution < -0.4 is 5.32 Å². The normalized spacial score (nSPS) is 20.6. The van der Waals surface area contributed by atoms with E-state index < -0.39 is 0 Å². The molecule has 5 heteroatoms. The molecule has 1 aliphatic carbocycles. The van der Waals surface area contributed by atoms with Crippen LogP contribution in [0.1, 0.15) is 38.3 Å². The Balaban J connectivity index is 1.84. The lowest BCUT2D eigenvalue weighted by atomic mass is 10.00. The average molecular weight is 312 g/mol. The number of nitrogens with zero attached hydrogens (tertiary/aromatic N) is 3. The van der Waals surface area contributed by atoms with E-state index in [1.165, 1.54) is 12.8 Å². The van der Waals surface area contributed by atoms with Gasteiger partial charge in [0.2, 0.25) is 0 Å². The zero-order chi connectivity index (χ0) is 16.1. The summed E-state index contributed by atoms with van der Waals surface area (Å²) in [5, 5.41) is 12.8. The van der Waals surface area contributed by atoms with Gasteiger partial charge in [-0.1, -0.05) is 13.3 Å². The highest BCUT2D eigenvalue weighted by Gasteiger charge is 2.27. The van der Waals surface area contributed by atoms with E-state index in [0.717, 1.165) is 42.2 Å². The minimum Gasteiger partial charge on any atom is -0.396 e. The first-order valence-electron chi connectivity index (χ1n) is 8.46. The number of aromatic nitrogens is 3. The number of aryl methyl sites for hydroxylation is 1.